The molecule has 0 atom stereocenters. The van der Waals surface area contributed by atoms with Gasteiger partial charge in [0.05, 0.1) is 5.69 Å². The molecule has 3 rings (SSSR count). The quantitative estimate of drug-likeness (QED) is 0.380. The van der Waals surface area contributed by atoms with E-state index < -0.39 is 0 Å². The molecule has 1 aromatic heterocycles. The lowest BCUT2D eigenvalue weighted by Crippen LogP contribution is -2.30. The van der Waals surface area contributed by atoms with Gasteiger partial charge in [0.2, 0.25) is 0 Å². The Kier molecular flexibility index (Phi) is 6.82. The summed E-state index contributed by atoms with van der Waals surface area (Å²) in [5.41, 5.74) is 2.82. The largest absolute Gasteiger partial charge is 0.339 e. The molecule has 4 nitrogen and oxygen atoms in total. The van der Waals surface area contributed by atoms with Crippen LogP contribution < -0.4 is 0 Å². The minimum atomic E-state index is 0.0486. The van der Waals surface area contributed by atoms with Gasteiger partial charge < -0.3 is 4.90 Å². The number of hydrogen-bond acceptors (Lipinski definition) is 5. The average Bonchev–Trinajstić information content (AvgIpc) is 3.09. The van der Waals surface area contributed by atoms with Crippen LogP contribution in [0.4, 0.5) is 0 Å². The zero-order valence-corrected chi connectivity index (χ0v) is 17.7. The van der Waals surface area contributed by atoms with Crippen LogP contribution in [0.15, 0.2) is 58.9 Å². The Morgan fingerprint density at radius 3 is 2.41 bits per heavy atom. The summed E-state index contributed by atoms with van der Waals surface area (Å²) in [6, 6.07) is 17.8. The lowest BCUT2D eigenvalue weighted by Gasteiger charge is -2.18. The Balaban J connectivity index is 1.74. The van der Waals surface area contributed by atoms with Crippen LogP contribution in [0.3, 0.4) is 0 Å². The highest BCUT2D eigenvalue weighted by Crippen LogP contribution is 2.27. The van der Waals surface area contributed by atoms with Crippen LogP contribution in [0.2, 0.25) is 0 Å². The second-order valence-corrected chi connectivity index (χ2v) is 8.69. The maximum Gasteiger partial charge on any atom is 0.253 e. The third-order valence-electron chi connectivity index (χ3n) is 4.14. The first kappa shape index (κ1) is 19.8. The number of benzene rings is 2. The third-order valence-corrected chi connectivity index (χ3v) is 6.58. The number of amides is 1. The van der Waals surface area contributed by atoms with Crippen molar-refractivity contribution in [2.24, 2.45) is 0 Å². The molecule has 0 saturated carbocycles. The van der Waals surface area contributed by atoms with Crippen molar-refractivity contribution in [2.75, 3.05) is 13.1 Å². The minimum Gasteiger partial charge on any atom is -0.339 e. The van der Waals surface area contributed by atoms with E-state index in [-0.39, 0.29) is 5.91 Å². The number of rotatable bonds is 7. The highest BCUT2D eigenvalue weighted by Gasteiger charge is 2.13. The van der Waals surface area contributed by atoms with Gasteiger partial charge in [0.15, 0.2) is 8.29 Å². The molecule has 0 aliphatic heterocycles. The molecule has 0 fully saturated rings. The fourth-order valence-electron chi connectivity index (χ4n) is 2.64. The highest BCUT2D eigenvalue weighted by atomic mass is 32.2. The van der Waals surface area contributed by atoms with Crippen molar-refractivity contribution in [1.29, 1.82) is 0 Å². The molecule has 0 N–H and O–H groups in total. The summed E-state index contributed by atoms with van der Waals surface area (Å²) in [6.07, 6.45) is 0. The van der Waals surface area contributed by atoms with Crippen LogP contribution in [0.5, 0.6) is 0 Å². The van der Waals surface area contributed by atoms with Crippen molar-refractivity contribution in [1.82, 2.24) is 14.7 Å². The van der Waals surface area contributed by atoms with Crippen molar-refractivity contribution >= 4 is 41.2 Å². The normalized spacial score (nSPS) is 10.7. The number of carbonyl (C=O) groups excluding carboxylic acids is 1. The van der Waals surface area contributed by atoms with Gasteiger partial charge >= 0.3 is 0 Å². The molecule has 0 aliphatic carbocycles. The van der Waals surface area contributed by atoms with E-state index in [0.717, 1.165) is 15.8 Å². The SMILES string of the molecule is CCN(CC)C(=O)c1ccc(-n2nc(SCc3ccccc3)sc2=S)cc1. The van der Waals surface area contributed by atoms with E-state index in [2.05, 4.69) is 17.2 Å². The average molecular weight is 416 g/mol. The molecule has 1 heterocycles. The van der Waals surface area contributed by atoms with Gasteiger partial charge in [-0.2, -0.15) is 0 Å². The van der Waals surface area contributed by atoms with Crippen molar-refractivity contribution in [2.45, 2.75) is 23.9 Å². The van der Waals surface area contributed by atoms with Crippen LogP contribution in [0, 0.1) is 3.95 Å². The van der Waals surface area contributed by atoms with Gasteiger partial charge in [0.25, 0.3) is 5.91 Å². The van der Waals surface area contributed by atoms with E-state index in [9.17, 15) is 4.79 Å². The van der Waals surface area contributed by atoms with Gasteiger partial charge in [0, 0.05) is 24.4 Å². The van der Waals surface area contributed by atoms with E-state index in [1.807, 2.05) is 61.2 Å². The first-order chi connectivity index (χ1) is 13.1. The fraction of sp³-hybridized carbons (Fsp3) is 0.250. The zero-order chi connectivity index (χ0) is 19.2. The van der Waals surface area contributed by atoms with Crippen molar-refractivity contribution in [3.8, 4) is 5.69 Å². The Morgan fingerprint density at radius 2 is 1.78 bits per heavy atom. The van der Waals surface area contributed by atoms with E-state index in [1.165, 1.54) is 16.9 Å². The van der Waals surface area contributed by atoms with Gasteiger partial charge in [-0.05, 0) is 55.9 Å². The molecule has 0 unspecified atom stereocenters. The Morgan fingerprint density at radius 1 is 1.11 bits per heavy atom. The molecule has 3 aromatic rings. The molecule has 0 radical (unpaired) electrons. The van der Waals surface area contributed by atoms with Crippen molar-refractivity contribution in [3.63, 3.8) is 0 Å². The lowest BCUT2D eigenvalue weighted by atomic mass is 10.2. The van der Waals surface area contributed by atoms with Crippen LogP contribution in [-0.4, -0.2) is 33.7 Å². The molecule has 0 spiro atoms. The van der Waals surface area contributed by atoms with Gasteiger partial charge in [0.1, 0.15) is 0 Å². The van der Waals surface area contributed by atoms with Gasteiger partial charge in [-0.3, -0.25) is 4.79 Å². The number of carbonyl (C=O) groups is 1. The number of aromatic nitrogens is 2. The monoisotopic (exact) mass is 415 g/mol. The van der Waals surface area contributed by atoms with Gasteiger partial charge in [-0.1, -0.05) is 53.4 Å². The smallest absolute Gasteiger partial charge is 0.253 e. The van der Waals surface area contributed by atoms with Crippen molar-refractivity contribution in [3.05, 3.63) is 69.7 Å². The fourth-order valence-corrected chi connectivity index (χ4v) is 4.96. The zero-order valence-electron chi connectivity index (χ0n) is 15.3. The van der Waals surface area contributed by atoms with E-state index in [0.29, 0.717) is 22.6 Å². The minimum absolute atomic E-state index is 0.0486. The van der Waals surface area contributed by atoms with E-state index >= 15 is 0 Å². The predicted molar refractivity (Wildman–Crippen MR) is 116 cm³/mol. The Hall–Kier alpha value is -1.96. The number of thioether (sulfide) groups is 1. The molecule has 0 saturated heterocycles. The molecule has 2 aromatic carbocycles. The second kappa shape index (κ2) is 9.30. The van der Waals surface area contributed by atoms with E-state index in [4.69, 9.17) is 12.2 Å². The summed E-state index contributed by atoms with van der Waals surface area (Å²) in [5.74, 6) is 0.910. The topological polar surface area (TPSA) is 38.1 Å². The first-order valence-corrected chi connectivity index (χ1v) is 11.0. The summed E-state index contributed by atoms with van der Waals surface area (Å²) in [5, 5.41) is 4.64. The van der Waals surface area contributed by atoms with Gasteiger partial charge in [-0.15, -0.1) is 5.10 Å². The van der Waals surface area contributed by atoms with Gasteiger partial charge in [-0.25, -0.2) is 4.68 Å². The Labute approximate surface area is 172 Å². The van der Waals surface area contributed by atoms with Crippen LogP contribution in [-0.2, 0) is 5.75 Å². The summed E-state index contributed by atoms with van der Waals surface area (Å²) < 4.78 is 3.40. The molecule has 0 aliphatic rings. The third kappa shape index (κ3) is 4.86. The maximum absolute atomic E-state index is 12.4. The molecule has 27 heavy (non-hydrogen) atoms. The molecule has 0 bridgehead atoms. The predicted octanol–water partition coefficient (Wildman–Crippen LogP) is 5.44. The molecular weight excluding hydrogens is 394 g/mol. The molecule has 7 heteroatoms. The van der Waals surface area contributed by atoms with Crippen LogP contribution in [0.25, 0.3) is 5.69 Å². The Bertz CT molecular complexity index is 945. The van der Waals surface area contributed by atoms with E-state index in [1.54, 1.807) is 16.4 Å². The maximum atomic E-state index is 12.4. The summed E-state index contributed by atoms with van der Waals surface area (Å²) in [4.78, 5) is 14.2. The van der Waals surface area contributed by atoms with Crippen LogP contribution in [0.1, 0.15) is 29.8 Å². The van der Waals surface area contributed by atoms with Crippen molar-refractivity contribution < 1.29 is 4.79 Å². The highest BCUT2D eigenvalue weighted by molar-refractivity contribution is 8.00. The number of hydrogen-bond donors (Lipinski definition) is 0. The summed E-state index contributed by atoms with van der Waals surface area (Å²) in [7, 11) is 0. The lowest BCUT2D eigenvalue weighted by molar-refractivity contribution is 0.0773. The van der Waals surface area contributed by atoms with Crippen LogP contribution >= 0.6 is 35.3 Å². The summed E-state index contributed by atoms with van der Waals surface area (Å²) >= 11 is 8.67. The second-order valence-electron chi connectivity index (χ2n) is 5.84. The molecular formula is C20H21N3OS3. The first-order valence-electron chi connectivity index (χ1n) is 8.79. The summed E-state index contributed by atoms with van der Waals surface area (Å²) in [6.45, 7) is 5.38. The number of nitrogens with zero attached hydrogens (tertiary/aromatic N) is 3. The standard InChI is InChI=1S/C20H21N3OS3/c1-3-22(4-2)18(24)16-10-12-17(13-11-16)23-20(25)27-19(21-23)26-14-15-8-6-5-7-9-15/h5-13H,3-4,14H2,1-2H3. The molecule has 1 amide bonds. The molecule has 140 valence electrons.